The normalized spacial score (nSPS) is 12.5. The van der Waals surface area contributed by atoms with E-state index in [1.165, 1.54) is 0 Å². The summed E-state index contributed by atoms with van der Waals surface area (Å²) in [7, 11) is 3.35. The predicted octanol–water partition coefficient (Wildman–Crippen LogP) is 2.26. The molecule has 0 saturated carbocycles. The molecule has 1 rings (SSSR count). The minimum Gasteiger partial charge on any atom is -0.302 e. The van der Waals surface area contributed by atoms with Gasteiger partial charge in [0.15, 0.2) is 0 Å². The second-order valence-electron chi connectivity index (χ2n) is 4.02. The van der Waals surface area contributed by atoms with Gasteiger partial charge in [0.2, 0.25) is 5.82 Å². The zero-order chi connectivity index (χ0) is 14.0. The fourth-order valence-corrected chi connectivity index (χ4v) is 1.48. The first-order valence-corrected chi connectivity index (χ1v) is 5.04. The quantitative estimate of drug-likeness (QED) is 0.609. The molecule has 7 nitrogen and oxygen atoms in total. The van der Waals surface area contributed by atoms with Gasteiger partial charge < -0.3 is 4.90 Å². The van der Waals surface area contributed by atoms with Crippen LogP contribution in [0.1, 0.15) is 18.5 Å². The molecule has 1 unspecified atom stereocenters. The van der Waals surface area contributed by atoms with Crippen molar-refractivity contribution in [2.75, 3.05) is 14.1 Å². The molecule has 1 atom stereocenters. The maximum atomic E-state index is 13.5. The Bertz CT molecular complexity index is 504. The van der Waals surface area contributed by atoms with Gasteiger partial charge in [0.1, 0.15) is 0 Å². The average Bonchev–Trinajstić information content (AvgIpc) is 2.26. The lowest BCUT2D eigenvalue weighted by Gasteiger charge is -2.19. The summed E-state index contributed by atoms with van der Waals surface area (Å²) < 4.78 is 13.5. The first kappa shape index (κ1) is 14.0. The van der Waals surface area contributed by atoms with Crippen LogP contribution >= 0.6 is 0 Å². The summed E-state index contributed by atoms with van der Waals surface area (Å²) in [5.41, 5.74) is -1.24. The fraction of sp³-hybridized carbons (Fsp3) is 0.400. The van der Waals surface area contributed by atoms with E-state index in [1.807, 2.05) is 0 Å². The number of hydrogen-bond acceptors (Lipinski definition) is 5. The van der Waals surface area contributed by atoms with Crippen molar-refractivity contribution in [1.29, 1.82) is 0 Å². The van der Waals surface area contributed by atoms with Crippen LogP contribution in [0.2, 0.25) is 0 Å². The minimum absolute atomic E-state index is 0.105. The van der Waals surface area contributed by atoms with Crippen molar-refractivity contribution in [3.05, 3.63) is 43.7 Å². The van der Waals surface area contributed by atoms with Crippen LogP contribution in [0.15, 0.2) is 12.1 Å². The molecule has 0 aliphatic rings. The minimum atomic E-state index is -1.07. The Balaban J connectivity index is 3.47. The molecule has 0 aromatic heterocycles. The van der Waals surface area contributed by atoms with Crippen LogP contribution in [0.4, 0.5) is 15.8 Å². The maximum absolute atomic E-state index is 13.5. The highest BCUT2D eigenvalue weighted by Gasteiger charge is 2.27. The third-order valence-corrected chi connectivity index (χ3v) is 2.71. The van der Waals surface area contributed by atoms with Gasteiger partial charge in [-0.25, -0.2) is 0 Å². The van der Waals surface area contributed by atoms with Crippen LogP contribution < -0.4 is 0 Å². The lowest BCUT2D eigenvalue weighted by molar-refractivity contribution is -0.396. The second kappa shape index (κ2) is 5.05. The molecule has 98 valence electrons. The number of hydrogen-bond donors (Lipinski definition) is 0. The van der Waals surface area contributed by atoms with Crippen molar-refractivity contribution in [3.8, 4) is 0 Å². The number of benzene rings is 1. The van der Waals surface area contributed by atoms with Gasteiger partial charge in [-0.3, -0.25) is 20.2 Å². The average molecular weight is 257 g/mol. The summed E-state index contributed by atoms with van der Waals surface area (Å²) >= 11 is 0. The van der Waals surface area contributed by atoms with Crippen LogP contribution in [0.3, 0.4) is 0 Å². The monoisotopic (exact) mass is 257 g/mol. The van der Waals surface area contributed by atoms with Crippen molar-refractivity contribution in [2.24, 2.45) is 0 Å². The van der Waals surface area contributed by atoms with E-state index in [1.54, 1.807) is 25.9 Å². The highest BCUT2D eigenvalue weighted by atomic mass is 19.1. The van der Waals surface area contributed by atoms with Gasteiger partial charge >= 0.3 is 5.69 Å². The van der Waals surface area contributed by atoms with Gasteiger partial charge in [-0.1, -0.05) is 0 Å². The number of nitro benzene ring substituents is 2. The Labute approximate surface area is 102 Å². The zero-order valence-corrected chi connectivity index (χ0v) is 10.1. The lowest BCUT2D eigenvalue weighted by Crippen LogP contribution is -2.18. The summed E-state index contributed by atoms with van der Waals surface area (Å²) in [6.45, 7) is 1.65. The molecule has 0 spiro atoms. The van der Waals surface area contributed by atoms with Crippen molar-refractivity contribution < 1.29 is 14.2 Å². The van der Waals surface area contributed by atoms with Crippen molar-refractivity contribution >= 4 is 11.4 Å². The van der Waals surface area contributed by atoms with Gasteiger partial charge in [0.25, 0.3) is 5.69 Å². The molecule has 0 bridgehead atoms. The van der Waals surface area contributed by atoms with E-state index >= 15 is 0 Å². The summed E-state index contributed by atoms with van der Waals surface area (Å²) in [6.07, 6.45) is 0. The molecule has 0 saturated heterocycles. The topological polar surface area (TPSA) is 89.5 Å². The van der Waals surface area contributed by atoms with Gasteiger partial charge in [0, 0.05) is 6.04 Å². The van der Waals surface area contributed by atoms with Crippen molar-refractivity contribution in [3.63, 3.8) is 0 Å². The number of nitro groups is 2. The second-order valence-corrected chi connectivity index (χ2v) is 4.02. The molecular formula is C10H12FN3O4. The van der Waals surface area contributed by atoms with Gasteiger partial charge in [-0.05, 0) is 27.1 Å². The predicted molar refractivity (Wildman–Crippen MR) is 61.8 cm³/mol. The van der Waals surface area contributed by atoms with E-state index in [9.17, 15) is 24.6 Å². The molecule has 0 amide bonds. The Morgan fingerprint density at radius 1 is 1.17 bits per heavy atom. The third kappa shape index (κ3) is 2.59. The molecule has 8 heteroatoms. The molecule has 1 aromatic carbocycles. The lowest BCUT2D eigenvalue weighted by atomic mass is 10.0. The van der Waals surface area contributed by atoms with E-state index < -0.39 is 33.1 Å². The van der Waals surface area contributed by atoms with Gasteiger partial charge in [-0.2, -0.15) is 4.39 Å². The molecule has 18 heavy (non-hydrogen) atoms. The number of halogens is 1. The van der Waals surface area contributed by atoms with Crippen LogP contribution in [0.5, 0.6) is 0 Å². The summed E-state index contributed by atoms with van der Waals surface area (Å²) in [5.74, 6) is -1.07. The standard InChI is InChI=1S/C10H12FN3O4/c1-6(12(2)3)7-4-8(11)10(14(17)18)5-9(7)13(15)16/h4-6H,1-3H3. The summed E-state index contributed by atoms with van der Waals surface area (Å²) in [6, 6.07) is 1.08. The van der Waals surface area contributed by atoms with Crippen LogP contribution in [0, 0.1) is 26.0 Å². The molecule has 0 aliphatic heterocycles. The first-order valence-electron chi connectivity index (χ1n) is 5.04. The molecule has 0 heterocycles. The molecule has 1 aromatic rings. The van der Waals surface area contributed by atoms with Crippen LogP contribution in [0.25, 0.3) is 0 Å². The van der Waals surface area contributed by atoms with Gasteiger partial charge in [0.05, 0.1) is 21.5 Å². The van der Waals surface area contributed by atoms with Gasteiger partial charge in [-0.15, -0.1) is 0 Å². The number of nitrogens with zero attached hydrogens (tertiary/aromatic N) is 3. The molecule has 0 aliphatic carbocycles. The zero-order valence-electron chi connectivity index (χ0n) is 10.1. The molecule has 0 N–H and O–H groups in total. The van der Waals surface area contributed by atoms with Crippen molar-refractivity contribution in [2.45, 2.75) is 13.0 Å². The largest absolute Gasteiger partial charge is 0.311 e. The van der Waals surface area contributed by atoms with Crippen LogP contribution in [-0.4, -0.2) is 28.8 Å². The first-order chi connectivity index (χ1) is 8.25. The molecule has 0 radical (unpaired) electrons. The highest BCUT2D eigenvalue weighted by molar-refractivity contribution is 5.51. The Kier molecular flexibility index (Phi) is 3.92. The Morgan fingerprint density at radius 3 is 2.06 bits per heavy atom. The van der Waals surface area contributed by atoms with Crippen LogP contribution in [-0.2, 0) is 0 Å². The van der Waals surface area contributed by atoms with Crippen molar-refractivity contribution in [1.82, 2.24) is 4.90 Å². The fourth-order valence-electron chi connectivity index (χ4n) is 1.48. The SMILES string of the molecule is CC(c1cc(F)c([N+](=O)[O-])cc1[N+](=O)[O-])N(C)C. The summed E-state index contributed by atoms with van der Waals surface area (Å²) in [5, 5.41) is 21.4. The molecule has 0 fully saturated rings. The molecular weight excluding hydrogens is 245 g/mol. The number of rotatable bonds is 4. The van der Waals surface area contributed by atoms with E-state index in [0.29, 0.717) is 6.07 Å². The maximum Gasteiger partial charge on any atom is 0.311 e. The van der Waals surface area contributed by atoms with E-state index in [2.05, 4.69) is 0 Å². The van der Waals surface area contributed by atoms with E-state index in [0.717, 1.165) is 6.07 Å². The summed E-state index contributed by atoms with van der Waals surface area (Å²) in [4.78, 5) is 21.3. The Morgan fingerprint density at radius 2 is 1.67 bits per heavy atom. The smallest absolute Gasteiger partial charge is 0.302 e. The van der Waals surface area contributed by atoms with E-state index in [4.69, 9.17) is 0 Å². The van der Waals surface area contributed by atoms with E-state index in [-0.39, 0.29) is 5.56 Å². The third-order valence-electron chi connectivity index (χ3n) is 2.71. The Hall–Kier alpha value is -2.09. The highest BCUT2D eigenvalue weighted by Crippen LogP contribution is 2.33.